The molecule has 0 fully saturated rings. The number of nitrogens with one attached hydrogen (secondary N) is 1. The summed E-state index contributed by atoms with van der Waals surface area (Å²) in [5, 5.41) is 8.52. The minimum atomic E-state index is 0.456. The Morgan fingerprint density at radius 1 is 1.10 bits per heavy atom. The molecule has 1 aromatic heterocycles. The lowest BCUT2D eigenvalue weighted by Crippen LogP contribution is -2.22. The molecule has 0 saturated carbocycles. The molecule has 0 amide bonds. The van der Waals surface area contributed by atoms with Gasteiger partial charge in [-0.15, -0.1) is 0 Å². The van der Waals surface area contributed by atoms with E-state index in [1.165, 1.54) is 23.4 Å². The monoisotopic (exact) mass is 279 g/mol. The minimum absolute atomic E-state index is 0.456. The second-order valence-corrected chi connectivity index (χ2v) is 5.94. The van der Waals surface area contributed by atoms with Crippen LogP contribution in [0.25, 0.3) is 0 Å². The maximum absolute atomic E-state index is 4.90. The Hall–Kier alpha value is -0.830. The van der Waals surface area contributed by atoms with E-state index in [2.05, 4.69) is 51.5 Å². The van der Waals surface area contributed by atoms with Crippen LogP contribution < -0.4 is 5.32 Å². The quantitative estimate of drug-likeness (QED) is 0.737. The molecule has 0 aliphatic carbocycles. The first-order valence-corrected chi connectivity index (χ1v) is 8.40. The molecule has 0 bridgehead atoms. The number of hydrogen-bond acceptors (Lipinski definition) is 2. The van der Waals surface area contributed by atoms with Gasteiger partial charge in [0.25, 0.3) is 0 Å². The van der Waals surface area contributed by atoms with E-state index in [4.69, 9.17) is 5.10 Å². The van der Waals surface area contributed by atoms with E-state index in [1.54, 1.807) is 0 Å². The van der Waals surface area contributed by atoms with Crippen molar-refractivity contribution in [3.8, 4) is 0 Å². The van der Waals surface area contributed by atoms with Gasteiger partial charge in [0.15, 0.2) is 0 Å². The molecule has 0 radical (unpaired) electrons. The normalized spacial score (nSPS) is 13.2. The van der Waals surface area contributed by atoms with Crippen LogP contribution in [0.3, 0.4) is 0 Å². The number of aromatic nitrogens is 2. The molecule has 1 aromatic rings. The van der Waals surface area contributed by atoms with Crippen molar-refractivity contribution >= 4 is 0 Å². The van der Waals surface area contributed by atoms with Crippen LogP contribution in [0.15, 0.2) is 0 Å². The van der Waals surface area contributed by atoms with Crippen molar-refractivity contribution in [2.75, 3.05) is 6.54 Å². The van der Waals surface area contributed by atoms with Crippen molar-refractivity contribution in [3.05, 3.63) is 17.0 Å². The van der Waals surface area contributed by atoms with Gasteiger partial charge in [0.2, 0.25) is 0 Å². The van der Waals surface area contributed by atoms with Gasteiger partial charge in [-0.05, 0) is 38.1 Å². The van der Waals surface area contributed by atoms with Gasteiger partial charge in [-0.25, -0.2) is 0 Å². The summed E-state index contributed by atoms with van der Waals surface area (Å²) >= 11 is 0. The third-order valence-corrected chi connectivity index (χ3v) is 3.97. The van der Waals surface area contributed by atoms with Gasteiger partial charge in [-0.2, -0.15) is 5.10 Å². The van der Waals surface area contributed by atoms with Crippen LogP contribution in [-0.4, -0.2) is 16.3 Å². The molecule has 0 aromatic carbocycles. The number of aryl methyl sites for hydroxylation is 2. The van der Waals surface area contributed by atoms with E-state index < -0.39 is 0 Å². The van der Waals surface area contributed by atoms with Gasteiger partial charge < -0.3 is 5.32 Å². The average Bonchev–Trinajstić information content (AvgIpc) is 2.80. The third kappa shape index (κ3) is 4.08. The van der Waals surface area contributed by atoms with Crippen LogP contribution in [0.1, 0.15) is 77.4 Å². The maximum Gasteiger partial charge on any atom is 0.0672 e. The van der Waals surface area contributed by atoms with Crippen LogP contribution in [0.4, 0.5) is 0 Å². The van der Waals surface area contributed by atoms with Gasteiger partial charge in [0.1, 0.15) is 0 Å². The van der Waals surface area contributed by atoms with E-state index in [-0.39, 0.29) is 0 Å². The molecule has 0 aliphatic heterocycles. The Morgan fingerprint density at radius 2 is 1.80 bits per heavy atom. The predicted octanol–water partition coefficient (Wildman–Crippen LogP) is 4.11. The van der Waals surface area contributed by atoms with Crippen LogP contribution >= 0.6 is 0 Å². The van der Waals surface area contributed by atoms with Crippen molar-refractivity contribution in [1.82, 2.24) is 15.1 Å². The Morgan fingerprint density at radius 3 is 2.25 bits per heavy atom. The first-order valence-electron chi connectivity index (χ1n) is 8.40. The lowest BCUT2D eigenvalue weighted by molar-refractivity contribution is 0.471. The highest BCUT2D eigenvalue weighted by atomic mass is 15.3. The zero-order valence-corrected chi connectivity index (χ0v) is 14.3. The van der Waals surface area contributed by atoms with Gasteiger partial charge in [0.05, 0.1) is 5.69 Å². The largest absolute Gasteiger partial charge is 0.310 e. The fourth-order valence-corrected chi connectivity index (χ4v) is 2.86. The van der Waals surface area contributed by atoms with Crippen molar-refractivity contribution in [2.45, 2.75) is 79.8 Å². The fourth-order valence-electron chi connectivity index (χ4n) is 2.86. The smallest absolute Gasteiger partial charge is 0.0672 e. The highest BCUT2D eigenvalue weighted by Crippen LogP contribution is 2.26. The molecule has 1 unspecified atom stereocenters. The highest BCUT2D eigenvalue weighted by molar-refractivity contribution is 5.30. The van der Waals surface area contributed by atoms with Gasteiger partial charge in [0, 0.05) is 23.8 Å². The van der Waals surface area contributed by atoms with E-state index in [0.29, 0.717) is 6.04 Å². The molecule has 0 aliphatic rings. The first kappa shape index (κ1) is 17.2. The van der Waals surface area contributed by atoms with Gasteiger partial charge in [-0.3, -0.25) is 4.68 Å². The molecule has 1 atom stereocenters. The zero-order chi connectivity index (χ0) is 15.1. The topological polar surface area (TPSA) is 29.9 Å². The molecule has 0 spiro atoms. The van der Waals surface area contributed by atoms with Crippen LogP contribution in [0.2, 0.25) is 0 Å². The Bertz CT molecular complexity index is 393. The molecule has 1 heterocycles. The van der Waals surface area contributed by atoms with Crippen molar-refractivity contribution in [1.29, 1.82) is 0 Å². The van der Waals surface area contributed by atoms with Crippen molar-refractivity contribution in [3.63, 3.8) is 0 Å². The van der Waals surface area contributed by atoms with Crippen molar-refractivity contribution in [2.24, 2.45) is 5.92 Å². The Kier molecular flexibility index (Phi) is 7.28. The summed E-state index contributed by atoms with van der Waals surface area (Å²) in [7, 11) is 0. The summed E-state index contributed by atoms with van der Waals surface area (Å²) in [6, 6.07) is 0.456. The maximum atomic E-state index is 4.90. The number of rotatable bonds is 9. The average molecular weight is 279 g/mol. The van der Waals surface area contributed by atoms with Crippen molar-refractivity contribution < 1.29 is 0 Å². The number of hydrogen-bond donors (Lipinski definition) is 1. The molecule has 116 valence electrons. The summed E-state index contributed by atoms with van der Waals surface area (Å²) in [4.78, 5) is 0. The summed E-state index contributed by atoms with van der Waals surface area (Å²) in [5.41, 5.74) is 4.21. The van der Waals surface area contributed by atoms with Crippen LogP contribution in [0.5, 0.6) is 0 Å². The highest BCUT2D eigenvalue weighted by Gasteiger charge is 2.21. The molecule has 1 rings (SSSR count). The van der Waals surface area contributed by atoms with E-state index in [1.807, 2.05) is 0 Å². The molecule has 20 heavy (non-hydrogen) atoms. The zero-order valence-electron chi connectivity index (χ0n) is 14.3. The van der Waals surface area contributed by atoms with Gasteiger partial charge >= 0.3 is 0 Å². The van der Waals surface area contributed by atoms with Crippen LogP contribution in [-0.2, 0) is 19.4 Å². The number of nitrogens with zero attached hydrogens (tertiary/aromatic N) is 2. The Labute approximate surface area is 125 Å². The minimum Gasteiger partial charge on any atom is -0.310 e. The molecule has 3 nitrogen and oxygen atoms in total. The summed E-state index contributed by atoms with van der Waals surface area (Å²) in [5.74, 6) is 0.730. The van der Waals surface area contributed by atoms with E-state index in [9.17, 15) is 0 Å². The van der Waals surface area contributed by atoms with E-state index >= 15 is 0 Å². The second-order valence-electron chi connectivity index (χ2n) is 5.94. The lowest BCUT2D eigenvalue weighted by atomic mass is 9.99. The van der Waals surface area contributed by atoms with Crippen LogP contribution in [0, 0.1) is 5.92 Å². The molecular weight excluding hydrogens is 246 g/mol. The van der Waals surface area contributed by atoms with E-state index in [0.717, 1.165) is 38.3 Å². The van der Waals surface area contributed by atoms with Gasteiger partial charge in [-0.1, -0.05) is 41.5 Å². The lowest BCUT2D eigenvalue weighted by Gasteiger charge is -2.18. The molecular formula is C17H33N3. The summed E-state index contributed by atoms with van der Waals surface area (Å²) in [6.45, 7) is 15.6. The first-order chi connectivity index (χ1) is 9.58. The predicted molar refractivity (Wildman–Crippen MR) is 87.1 cm³/mol. The summed E-state index contributed by atoms with van der Waals surface area (Å²) < 4.78 is 2.27. The summed E-state index contributed by atoms with van der Waals surface area (Å²) in [6.07, 6.45) is 4.43. The SMILES string of the molecule is CCNC(CC)c1c(CC)nn(CCC(C)C)c1CC. The molecule has 0 saturated heterocycles. The fraction of sp³-hybridized carbons (Fsp3) is 0.824. The third-order valence-electron chi connectivity index (χ3n) is 3.97. The Balaban J connectivity index is 3.12. The second kappa shape index (κ2) is 8.46. The molecule has 1 N–H and O–H groups in total. The standard InChI is InChI=1S/C17H33N3/c1-7-14(18-10-4)17-15(8-2)19-20(16(17)9-3)12-11-13(5)6/h13-14,18H,7-12H2,1-6H3. The molecule has 3 heteroatoms.